The van der Waals surface area contributed by atoms with Crippen molar-refractivity contribution in [2.75, 3.05) is 19.5 Å². The second-order valence-corrected chi connectivity index (χ2v) is 4.77. The number of carbonyl (C=O) groups excluding carboxylic acids is 2. The summed E-state index contributed by atoms with van der Waals surface area (Å²) in [5, 5.41) is 5.95. The molecule has 0 spiro atoms. The molecule has 0 fully saturated rings. The lowest BCUT2D eigenvalue weighted by Crippen LogP contribution is -2.20. The van der Waals surface area contributed by atoms with Crippen LogP contribution in [0.5, 0.6) is 0 Å². The molecular formula is C17H16N2O6. The van der Waals surface area contributed by atoms with Gasteiger partial charge in [0, 0.05) is 12.0 Å². The van der Waals surface area contributed by atoms with Crippen molar-refractivity contribution in [2.45, 2.75) is 6.42 Å². The van der Waals surface area contributed by atoms with Gasteiger partial charge in [0.05, 0.1) is 13.3 Å². The SMILES string of the molecule is CO/N=C/Cc1oc(=O)c(NC(=O)c2ccccc2)cc1C(=O)OC. The van der Waals surface area contributed by atoms with Gasteiger partial charge in [0.15, 0.2) is 0 Å². The monoisotopic (exact) mass is 344 g/mol. The van der Waals surface area contributed by atoms with Crippen LogP contribution in [0.25, 0.3) is 0 Å². The fourth-order valence-electron chi connectivity index (χ4n) is 2.01. The highest BCUT2D eigenvalue weighted by molar-refractivity contribution is 6.04. The molecule has 1 aromatic heterocycles. The highest BCUT2D eigenvalue weighted by atomic mass is 16.6. The number of nitrogens with zero attached hydrogens (tertiary/aromatic N) is 1. The Kier molecular flexibility index (Phi) is 6.05. The molecular weight excluding hydrogens is 328 g/mol. The number of hydrogen-bond donors (Lipinski definition) is 1. The molecule has 25 heavy (non-hydrogen) atoms. The first-order chi connectivity index (χ1) is 12.1. The van der Waals surface area contributed by atoms with Crippen molar-refractivity contribution in [2.24, 2.45) is 5.16 Å². The van der Waals surface area contributed by atoms with Gasteiger partial charge in [-0.05, 0) is 18.2 Å². The first kappa shape index (κ1) is 17.9. The minimum absolute atomic E-state index is 0.00742. The third kappa shape index (κ3) is 4.54. The van der Waals surface area contributed by atoms with Gasteiger partial charge in [-0.15, -0.1) is 0 Å². The lowest BCUT2D eigenvalue weighted by molar-refractivity contribution is 0.0595. The Morgan fingerprint density at radius 2 is 1.96 bits per heavy atom. The van der Waals surface area contributed by atoms with Gasteiger partial charge in [-0.2, -0.15) is 0 Å². The number of carbonyl (C=O) groups is 2. The fourth-order valence-corrected chi connectivity index (χ4v) is 2.01. The van der Waals surface area contributed by atoms with Crippen LogP contribution in [0.3, 0.4) is 0 Å². The van der Waals surface area contributed by atoms with Crippen molar-refractivity contribution in [1.29, 1.82) is 0 Å². The van der Waals surface area contributed by atoms with Gasteiger partial charge in [0.25, 0.3) is 5.91 Å². The molecule has 0 aliphatic heterocycles. The molecule has 1 amide bonds. The third-order valence-electron chi connectivity index (χ3n) is 3.17. The van der Waals surface area contributed by atoms with Crippen molar-refractivity contribution in [3.8, 4) is 0 Å². The standard InChI is InChI=1S/C17H16N2O6/c1-23-16(21)12-10-13(17(22)25-14(12)8-9-18-24-2)19-15(20)11-6-4-3-5-7-11/h3-7,9-10H,8H2,1-2H3,(H,19,20)/b18-9+. The highest BCUT2D eigenvalue weighted by Crippen LogP contribution is 2.14. The predicted octanol–water partition coefficient (Wildman–Crippen LogP) is 1.85. The number of benzene rings is 1. The van der Waals surface area contributed by atoms with Crippen LogP contribution in [0, 0.1) is 0 Å². The van der Waals surface area contributed by atoms with Gasteiger partial charge >= 0.3 is 11.6 Å². The smallest absolute Gasteiger partial charge is 0.359 e. The van der Waals surface area contributed by atoms with E-state index in [4.69, 9.17) is 4.42 Å². The third-order valence-corrected chi connectivity index (χ3v) is 3.17. The van der Waals surface area contributed by atoms with Crippen molar-refractivity contribution < 1.29 is 23.6 Å². The van der Waals surface area contributed by atoms with Crippen LogP contribution in [0.1, 0.15) is 26.5 Å². The molecule has 1 heterocycles. The summed E-state index contributed by atoms with van der Waals surface area (Å²) in [5.41, 5.74) is -0.592. The molecule has 2 aromatic rings. The average Bonchev–Trinajstić information content (AvgIpc) is 2.64. The molecule has 0 saturated carbocycles. The number of methoxy groups -OCH3 is 1. The molecule has 8 heteroatoms. The number of ether oxygens (including phenoxy) is 1. The van der Waals surface area contributed by atoms with E-state index in [1.54, 1.807) is 30.3 Å². The van der Waals surface area contributed by atoms with Gasteiger partial charge in [-0.3, -0.25) is 4.79 Å². The molecule has 1 N–H and O–H groups in total. The highest BCUT2D eigenvalue weighted by Gasteiger charge is 2.19. The van der Waals surface area contributed by atoms with E-state index in [9.17, 15) is 14.4 Å². The molecule has 1 aromatic carbocycles. The van der Waals surface area contributed by atoms with Gasteiger partial charge in [-0.25, -0.2) is 9.59 Å². The Morgan fingerprint density at radius 3 is 2.60 bits per heavy atom. The molecule has 2 rings (SSSR count). The normalized spacial score (nSPS) is 10.5. The molecule has 130 valence electrons. The molecule has 0 bridgehead atoms. The Bertz CT molecular complexity index is 842. The quantitative estimate of drug-likeness (QED) is 0.487. The molecule has 0 unspecified atom stereocenters. The maximum absolute atomic E-state index is 12.2. The topological polar surface area (TPSA) is 107 Å². The van der Waals surface area contributed by atoms with Gasteiger partial charge < -0.3 is 19.3 Å². The van der Waals surface area contributed by atoms with Crippen LogP contribution in [-0.2, 0) is 16.0 Å². The summed E-state index contributed by atoms with van der Waals surface area (Å²) in [5.74, 6) is -1.16. The molecule has 0 atom stereocenters. The minimum Gasteiger partial charge on any atom is -0.465 e. The van der Waals surface area contributed by atoms with Gasteiger partial charge in [0.2, 0.25) is 0 Å². The zero-order valence-corrected chi connectivity index (χ0v) is 13.6. The largest absolute Gasteiger partial charge is 0.465 e. The maximum atomic E-state index is 12.2. The zero-order valence-electron chi connectivity index (χ0n) is 13.6. The summed E-state index contributed by atoms with van der Waals surface area (Å²) >= 11 is 0. The Hall–Kier alpha value is -3.42. The van der Waals surface area contributed by atoms with Crippen molar-refractivity contribution >= 4 is 23.8 Å². The van der Waals surface area contributed by atoms with Crippen LogP contribution >= 0.6 is 0 Å². The van der Waals surface area contributed by atoms with Crippen LogP contribution in [0.15, 0.2) is 50.8 Å². The number of esters is 1. The summed E-state index contributed by atoms with van der Waals surface area (Å²) in [7, 11) is 2.55. The Morgan fingerprint density at radius 1 is 1.24 bits per heavy atom. The first-order valence-electron chi connectivity index (χ1n) is 7.23. The number of rotatable bonds is 6. The van der Waals surface area contributed by atoms with Gasteiger partial charge in [-0.1, -0.05) is 23.4 Å². The number of amides is 1. The summed E-state index contributed by atoms with van der Waals surface area (Å²) in [6, 6.07) is 9.54. The summed E-state index contributed by atoms with van der Waals surface area (Å²) in [6.45, 7) is 0. The van der Waals surface area contributed by atoms with E-state index in [-0.39, 0.29) is 23.4 Å². The van der Waals surface area contributed by atoms with Crippen molar-refractivity contribution in [3.63, 3.8) is 0 Å². The zero-order chi connectivity index (χ0) is 18.2. The number of hydrogen-bond acceptors (Lipinski definition) is 7. The van der Waals surface area contributed by atoms with Crippen LogP contribution in [0.4, 0.5) is 5.69 Å². The Labute approximate surface area is 143 Å². The summed E-state index contributed by atoms with van der Waals surface area (Å²) in [6.07, 6.45) is 1.37. The lowest BCUT2D eigenvalue weighted by atomic mass is 10.1. The van der Waals surface area contributed by atoms with E-state index < -0.39 is 17.5 Å². The first-order valence-corrected chi connectivity index (χ1v) is 7.23. The molecule has 0 radical (unpaired) electrons. The Balaban J connectivity index is 2.36. The van der Waals surface area contributed by atoms with Crippen LogP contribution in [-0.4, -0.2) is 32.3 Å². The molecule has 0 saturated heterocycles. The molecule has 8 nitrogen and oxygen atoms in total. The van der Waals surface area contributed by atoms with E-state index >= 15 is 0 Å². The van der Waals surface area contributed by atoms with E-state index in [0.717, 1.165) is 0 Å². The van der Waals surface area contributed by atoms with E-state index in [1.807, 2.05) is 0 Å². The van der Waals surface area contributed by atoms with Gasteiger partial charge in [0.1, 0.15) is 24.1 Å². The lowest BCUT2D eigenvalue weighted by Gasteiger charge is -2.08. The second kappa shape index (κ2) is 8.44. The van der Waals surface area contributed by atoms with Crippen molar-refractivity contribution in [1.82, 2.24) is 0 Å². The van der Waals surface area contributed by atoms with E-state index in [1.165, 1.54) is 26.5 Å². The fraction of sp³-hybridized carbons (Fsp3) is 0.176. The van der Waals surface area contributed by atoms with Crippen molar-refractivity contribution in [3.05, 3.63) is 63.7 Å². The maximum Gasteiger partial charge on any atom is 0.359 e. The second-order valence-electron chi connectivity index (χ2n) is 4.77. The number of oxime groups is 1. The van der Waals surface area contributed by atoms with Crippen LogP contribution < -0.4 is 10.9 Å². The summed E-state index contributed by atoms with van der Waals surface area (Å²) in [4.78, 5) is 40.7. The van der Waals surface area contributed by atoms with Crippen LogP contribution in [0.2, 0.25) is 0 Å². The molecule has 0 aliphatic rings. The minimum atomic E-state index is -0.794. The summed E-state index contributed by atoms with van der Waals surface area (Å²) < 4.78 is 9.81. The van der Waals surface area contributed by atoms with E-state index in [2.05, 4.69) is 20.0 Å². The van der Waals surface area contributed by atoms with E-state index in [0.29, 0.717) is 5.56 Å². The average molecular weight is 344 g/mol. The molecule has 0 aliphatic carbocycles. The number of anilines is 1. The predicted molar refractivity (Wildman–Crippen MR) is 89.9 cm³/mol. The number of nitrogens with one attached hydrogen (secondary N) is 1.